The van der Waals surface area contributed by atoms with E-state index in [1.807, 2.05) is 55.5 Å². The summed E-state index contributed by atoms with van der Waals surface area (Å²) in [4.78, 5) is 19.6. The molecule has 3 aromatic rings. The lowest BCUT2D eigenvalue weighted by atomic mass is 10.1. The lowest BCUT2D eigenvalue weighted by Crippen LogP contribution is -2.23. The number of carbonyl (C=O) groups excluding carboxylic acids is 1. The summed E-state index contributed by atoms with van der Waals surface area (Å²) < 4.78 is 0. The monoisotopic (exact) mass is 291 g/mol. The van der Waals surface area contributed by atoms with Crippen molar-refractivity contribution in [3.05, 3.63) is 77.7 Å². The maximum atomic E-state index is 12.3. The number of rotatable bonds is 4. The Labute approximate surface area is 129 Å². The molecule has 2 N–H and O–H groups in total. The van der Waals surface area contributed by atoms with Gasteiger partial charge in [0.2, 0.25) is 0 Å². The van der Waals surface area contributed by atoms with Gasteiger partial charge in [0.1, 0.15) is 0 Å². The fourth-order valence-corrected chi connectivity index (χ4v) is 2.35. The standard InChI is InChI=1S/C18H17N3O/c1-13-16(10-17(21-13)15-7-3-2-4-8-15)18(22)20-12-14-6-5-9-19-11-14/h2-11,21H,12H2,1H3,(H,20,22). The largest absolute Gasteiger partial charge is 0.358 e. The van der Waals surface area contributed by atoms with Crippen LogP contribution < -0.4 is 5.32 Å². The van der Waals surface area contributed by atoms with E-state index in [0.29, 0.717) is 12.1 Å². The molecule has 1 aromatic carbocycles. The van der Waals surface area contributed by atoms with Crippen molar-refractivity contribution < 1.29 is 4.79 Å². The van der Waals surface area contributed by atoms with Crippen molar-refractivity contribution in [2.24, 2.45) is 0 Å². The molecule has 0 bridgehead atoms. The summed E-state index contributed by atoms with van der Waals surface area (Å²) in [6, 6.07) is 15.7. The first-order valence-corrected chi connectivity index (χ1v) is 7.16. The van der Waals surface area contributed by atoms with E-state index >= 15 is 0 Å². The van der Waals surface area contributed by atoms with Gasteiger partial charge >= 0.3 is 0 Å². The summed E-state index contributed by atoms with van der Waals surface area (Å²) in [6.07, 6.45) is 3.47. The van der Waals surface area contributed by atoms with Gasteiger partial charge in [-0.25, -0.2) is 0 Å². The SMILES string of the molecule is Cc1[nH]c(-c2ccccc2)cc1C(=O)NCc1cccnc1. The van der Waals surface area contributed by atoms with Crippen LogP contribution in [0.4, 0.5) is 0 Å². The van der Waals surface area contributed by atoms with Crippen molar-refractivity contribution in [3.8, 4) is 11.3 Å². The first-order valence-electron chi connectivity index (χ1n) is 7.16. The number of hydrogen-bond donors (Lipinski definition) is 2. The number of aromatic nitrogens is 2. The van der Waals surface area contributed by atoms with E-state index in [9.17, 15) is 4.79 Å². The second-order valence-electron chi connectivity index (χ2n) is 5.13. The Bertz CT molecular complexity index is 764. The first kappa shape index (κ1) is 14.1. The number of amides is 1. The predicted molar refractivity (Wildman–Crippen MR) is 86.4 cm³/mol. The molecule has 4 heteroatoms. The molecule has 0 saturated carbocycles. The summed E-state index contributed by atoms with van der Waals surface area (Å²) in [5.74, 6) is -0.0835. The molecule has 1 amide bonds. The summed E-state index contributed by atoms with van der Waals surface area (Å²) in [5, 5.41) is 2.92. The number of pyridine rings is 1. The molecule has 0 aliphatic heterocycles. The smallest absolute Gasteiger partial charge is 0.253 e. The highest BCUT2D eigenvalue weighted by Crippen LogP contribution is 2.21. The van der Waals surface area contributed by atoms with Crippen LogP contribution in [-0.4, -0.2) is 15.9 Å². The number of nitrogens with zero attached hydrogens (tertiary/aromatic N) is 1. The van der Waals surface area contributed by atoms with E-state index in [1.165, 1.54) is 0 Å². The molecule has 110 valence electrons. The maximum absolute atomic E-state index is 12.3. The second-order valence-corrected chi connectivity index (χ2v) is 5.13. The third kappa shape index (κ3) is 3.06. The van der Waals surface area contributed by atoms with Crippen molar-refractivity contribution in [3.63, 3.8) is 0 Å². The van der Waals surface area contributed by atoms with E-state index < -0.39 is 0 Å². The van der Waals surface area contributed by atoms with Gasteiger partial charge in [-0.15, -0.1) is 0 Å². The Hall–Kier alpha value is -2.88. The van der Waals surface area contributed by atoms with Crippen LogP contribution >= 0.6 is 0 Å². The van der Waals surface area contributed by atoms with Crippen LogP contribution in [0.25, 0.3) is 11.3 Å². The third-order valence-corrected chi connectivity index (χ3v) is 3.52. The Morgan fingerprint density at radius 1 is 1.18 bits per heavy atom. The van der Waals surface area contributed by atoms with E-state index in [4.69, 9.17) is 0 Å². The highest BCUT2D eigenvalue weighted by Gasteiger charge is 2.13. The molecule has 0 spiro atoms. The van der Waals surface area contributed by atoms with Gasteiger partial charge in [0.05, 0.1) is 5.56 Å². The van der Waals surface area contributed by atoms with Crippen molar-refractivity contribution in [2.75, 3.05) is 0 Å². The van der Waals surface area contributed by atoms with Crippen LogP contribution in [0.2, 0.25) is 0 Å². The van der Waals surface area contributed by atoms with Gasteiger partial charge in [0, 0.05) is 30.3 Å². The number of aromatic amines is 1. The van der Waals surface area contributed by atoms with Crippen LogP contribution in [-0.2, 0) is 6.54 Å². The fraction of sp³-hybridized carbons (Fsp3) is 0.111. The average Bonchev–Trinajstić information content (AvgIpc) is 2.96. The molecule has 0 aliphatic rings. The predicted octanol–water partition coefficient (Wildman–Crippen LogP) is 3.32. The first-order chi connectivity index (χ1) is 10.7. The molecular weight excluding hydrogens is 274 g/mol. The van der Waals surface area contributed by atoms with Crippen molar-refractivity contribution in [2.45, 2.75) is 13.5 Å². The molecule has 0 atom stereocenters. The van der Waals surface area contributed by atoms with Crippen molar-refractivity contribution in [1.82, 2.24) is 15.3 Å². The van der Waals surface area contributed by atoms with Crippen LogP contribution in [0.5, 0.6) is 0 Å². The molecular formula is C18H17N3O. The molecule has 0 unspecified atom stereocenters. The Morgan fingerprint density at radius 2 is 2.00 bits per heavy atom. The van der Waals surface area contributed by atoms with Crippen LogP contribution in [0.1, 0.15) is 21.6 Å². The van der Waals surface area contributed by atoms with Gasteiger partial charge in [-0.1, -0.05) is 36.4 Å². The van der Waals surface area contributed by atoms with E-state index in [-0.39, 0.29) is 5.91 Å². The van der Waals surface area contributed by atoms with Crippen LogP contribution in [0, 0.1) is 6.92 Å². The number of hydrogen-bond acceptors (Lipinski definition) is 2. The fourth-order valence-electron chi connectivity index (χ4n) is 2.35. The molecule has 0 radical (unpaired) electrons. The average molecular weight is 291 g/mol. The minimum atomic E-state index is -0.0835. The number of benzene rings is 1. The van der Waals surface area contributed by atoms with Crippen molar-refractivity contribution >= 4 is 5.91 Å². The highest BCUT2D eigenvalue weighted by molar-refractivity contribution is 5.96. The Kier molecular flexibility index (Phi) is 4.01. The normalized spacial score (nSPS) is 10.4. The zero-order valence-corrected chi connectivity index (χ0v) is 12.3. The van der Waals surface area contributed by atoms with E-state index in [2.05, 4.69) is 15.3 Å². The quantitative estimate of drug-likeness (QED) is 0.774. The molecule has 22 heavy (non-hydrogen) atoms. The lowest BCUT2D eigenvalue weighted by Gasteiger charge is -2.04. The van der Waals surface area contributed by atoms with Gasteiger partial charge in [-0.05, 0) is 30.2 Å². The molecule has 3 rings (SSSR count). The van der Waals surface area contributed by atoms with Crippen LogP contribution in [0.15, 0.2) is 60.9 Å². The summed E-state index contributed by atoms with van der Waals surface area (Å²) in [6.45, 7) is 2.38. The molecule has 0 aliphatic carbocycles. The molecule has 0 saturated heterocycles. The zero-order chi connectivity index (χ0) is 15.4. The molecule has 0 fully saturated rings. The Morgan fingerprint density at radius 3 is 2.73 bits per heavy atom. The Balaban J connectivity index is 1.74. The maximum Gasteiger partial charge on any atom is 0.253 e. The number of nitrogens with one attached hydrogen (secondary N) is 2. The topological polar surface area (TPSA) is 57.8 Å². The molecule has 2 heterocycles. The molecule has 4 nitrogen and oxygen atoms in total. The minimum Gasteiger partial charge on any atom is -0.358 e. The van der Waals surface area contributed by atoms with E-state index in [0.717, 1.165) is 22.5 Å². The van der Waals surface area contributed by atoms with Gasteiger partial charge in [-0.3, -0.25) is 9.78 Å². The van der Waals surface area contributed by atoms with Gasteiger partial charge in [-0.2, -0.15) is 0 Å². The summed E-state index contributed by atoms with van der Waals surface area (Å²) in [5.41, 5.74) is 4.53. The summed E-state index contributed by atoms with van der Waals surface area (Å²) >= 11 is 0. The lowest BCUT2D eigenvalue weighted by molar-refractivity contribution is 0.0950. The second kappa shape index (κ2) is 6.26. The number of H-pyrrole nitrogens is 1. The third-order valence-electron chi connectivity index (χ3n) is 3.52. The molecule has 2 aromatic heterocycles. The minimum absolute atomic E-state index is 0.0835. The van der Waals surface area contributed by atoms with Crippen molar-refractivity contribution in [1.29, 1.82) is 0 Å². The van der Waals surface area contributed by atoms with Gasteiger partial charge in [0.25, 0.3) is 5.91 Å². The van der Waals surface area contributed by atoms with Crippen LogP contribution in [0.3, 0.4) is 0 Å². The number of carbonyl (C=O) groups is 1. The number of aryl methyl sites for hydroxylation is 1. The summed E-state index contributed by atoms with van der Waals surface area (Å²) in [7, 11) is 0. The van der Waals surface area contributed by atoms with Gasteiger partial charge in [0.15, 0.2) is 0 Å². The van der Waals surface area contributed by atoms with Gasteiger partial charge < -0.3 is 10.3 Å². The van der Waals surface area contributed by atoms with E-state index in [1.54, 1.807) is 12.4 Å². The zero-order valence-electron chi connectivity index (χ0n) is 12.3. The highest BCUT2D eigenvalue weighted by atomic mass is 16.1.